The van der Waals surface area contributed by atoms with Crippen molar-refractivity contribution in [3.05, 3.63) is 54.5 Å². The van der Waals surface area contributed by atoms with Crippen LogP contribution in [0.5, 0.6) is 11.5 Å². The van der Waals surface area contributed by atoms with Gasteiger partial charge in [0.2, 0.25) is 0 Å². The zero-order valence-corrected chi connectivity index (χ0v) is 10.2. The zero-order chi connectivity index (χ0) is 13.9. The molecule has 0 saturated carbocycles. The molecule has 6 heteroatoms. The number of carboxylic acid groups (broad SMARTS) is 1. The summed E-state index contributed by atoms with van der Waals surface area (Å²) in [4.78, 5) is 14.7. The van der Waals surface area contributed by atoms with Crippen molar-refractivity contribution >= 4 is 16.9 Å². The van der Waals surface area contributed by atoms with Crippen LogP contribution in [0.1, 0.15) is 10.4 Å². The Hall–Kier alpha value is -3.02. The number of rotatable bonds is 3. The van der Waals surface area contributed by atoms with Crippen LogP contribution in [-0.2, 0) is 0 Å². The van der Waals surface area contributed by atoms with E-state index in [1.807, 2.05) is 24.3 Å². The van der Waals surface area contributed by atoms with Crippen LogP contribution >= 0.6 is 0 Å². The lowest BCUT2D eigenvalue weighted by Crippen LogP contribution is -1.98. The van der Waals surface area contributed by atoms with E-state index < -0.39 is 5.97 Å². The summed E-state index contributed by atoms with van der Waals surface area (Å²) in [5.41, 5.74) is 0.765. The van der Waals surface area contributed by atoms with Gasteiger partial charge < -0.3 is 9.84 Å². The van der Waals surface area contributed by atoms with E-state index >= 15 is 0 Å². The Bertz CT molecular complexity index is 784. The average molecular weight is 267 g/mol. The fourth-order valence-electron chi connectivity index (χ4n) is 1.78. The lowest BCUT2D eigenvalue weighted by molar-refractivity contribution is 0.0696. The van der Waals surface area contributed by atoms with Crippen LogP contribution < -0.4 is 4.74 Å². The van der Waals surface area contributed by atoms with Crippen molar-refractivity contribution in [2.24, 2.45) is 0 Å². The molecule has 0 amide bonds. The van der Waals surface area contributed by atoms with Crippen LogP contribution in [0.3, 0.4) is 0 Å². The largest absolute Gasteiger partial charge is 0.478 e. The summed E-state index contributed by atoms with van der Waals surface area (Å²) >= 11 is 0. The van der Waals surface area contributed by atoms with Crippen LogP contribution in [0, 0.1) is 0 Å². The number of benzene rings is 1. The molecule has 0 bridgehead atoms. The molecule has 0 fully saturated rings. The fraction of sp³-hybridized carbons (Fsp3) is 0. The number of carbonyl (C=O) groups is 1. The molecular formula is C14H9N3O3. The highest BCUT2D eigenvalue weighted by Gasteiger charge is 2.08. The second-order valence-electron chi connectivity index (χ2n) is 4.04. The molecule has 0 aliphatic rings. The van der Waals surface area contributed by atoms with Crippen molar-refractivity contribution in [3.63, 3.8) is 0 Å². The van der Waals surface area contributed by atoms with Gasteiger partial charge in [-0.05, 0) is 18.2 Å². The molecule has 3 rings (SSSR count). The Labute approximate surface area is 113 Å². The number of aromatic carboxylic acids is 1. The second-order valence-corrected chi connectivity index (χ2v) is 4.04. The van der Waals surface area contributed by atoms with Gasteiger partial charge in [-0.15, -0.1) is 0 Å². The molecule has 2 heterocycles. The normalized spacial score (nSPS) is 10.4. The Balaban J connectivity index is 2.01. The Kier molecular flexibility index (Phi) is 2.96. The van der Waals surface area contributed by atoms with E-state index in [1.165, 1.54) is 24.7 Å². The first kappa shape index (κ1) is 12.0. The molecule has 2 aromatic heterocycles. The second kappa shape index (κ2) is 4.93. The third-order valence-electron chi connectivity index (χ3n) is 2.70. The fourth-order valence-corrected chi connectivity index (χ4v) is 1.78. The first-order valence-electron chi connectivity index (χ1n) is 5.80. The van der Waals surface area contributed by atoms with E-state index in [0.717, 1.165) is 5.39 Å². The highest BCUT2D eigenvalue weighted by atomic mass is 16.5. The Morgan fingerprint density at radius 1 is 1.15 bits per heavy atom. The minimum Gasteiger partial charge on any atom is -0.478 e. The molecule has 0 aliphatic carbocycles. The molecule has 3 aromatic rings. The SMILES string of the molecule is O=C(O)c1cncc(Oc2cnnc3ccccc23)c1. The zero-order valence-electron chi connectivity index (χ0n) is 10.2. The molecule has 1 aromatic carbocycles. The molecule has 0 spiro atoms. The lowest BCUT2D eigenvalue weighted by Gasteiger charge is -2.07. The Morgan fingerprint density at radius 3 is 2.85 bits per heavy atom. The number of aromatic nitrogens is 3. The first-order chi connectivity index (χ1) is 9.74. The Morgan fingerprint density at radius 2 is 2.00 bits per heavy atom. The number of pyridine rings is 1. The van der Waals surface area contributed by atoms with Crippen molar-refractivity contribution in [1.82, 2.24) is 15.2 Å². The molecule has 20 heavy (non-hydrogen) atoms. The molecule has 1 N–H and O–H groups in total. The van der Waals surface area contributed by atoms with Crippen LogP contribution in [0.25, 0.3) is 10.9 Å². The van der Waals surface area contributed by atoms with Gasteiger partial charge in [0.1, 0.15) is 5.75 Å². The van der Waals surface area contributed by atoms with Crippen LogP contribution in [0.4, 0.5) is 0 Å². The predicted molar refractivity (Wildman–Crippen MR) is 70.8 cm³/mol. The quantitative estimate of drug-likeness (QED) is 0.784. The molecule has 6 nitrogen and oxygen atoms in total. The van der Waals surface area contributed by atoms with Gasteiger partial charge in [0.25, 0.3) is 0 Å². The molecule has 0 unspecified atom stereocenters. The summed E-state index contributed by atoms with van der Waals surface area (Å²) in [5.74, 6) is -0.219. The third-order valence-corrected chi connectivity index (χ3v) is 2.70. The standard InChI is InChI=1S/C14H9N3O3/c18-14(19)9-5-10(7-15-6-9)20-13-8-16-17-12-4-2-1-3-11(12)13/h1-8H,(H,18,19). The summed E-state index contributed by atoms with van der Waals surface area (Å²) in [6.45, 7) is 0. The van der Waals surface area contributed by atoms with Crippen molar-refractivity contribution in [2.45, 2.75) is 0 Å². The number of nitrogens with zero attached hydrogens (tertiary/aromatic N) is 3. The third kappa shape index (κ3) is 2.26. The molecule has 0 radical (unpaired) electrons. The van der Waals surface area contributed by atoms with E-state index in [2.05, 4.69) is 15.2 Å². The monoisotopic (exact) mass is 267 g/mol. The van der Waals surface area contributed by atoms with E-state index in [0.29, 0.717) is 17.0 Å². The molecule has 0 saturated heterocycles. The number of ether oxygens (including phenoxy) is 1. The van der Waals surface area contributed by atoms with Crippen molar-refractivity contribution in [2.75, 3.05) is 0 Å². The van der Waals surface area contributed by atoms with E-state index in [1.54, 1.807) is 0 Å². The van der Waals surface area contributed by atoms with E-state index in [9.17, 15) is 4.79 Å². The van der Waals surface area contributed by atoms with Gasteiger partial charge in [0.05, 0.1) is 23.5 Å². The maximum absolute atomic E-state index is 10.9. The minimum atomic E-state index is -1.05. The average Bonchev–Trinajstić information content (AvgIpc) is 2.48. The van der Waals surface area contributed by atoms with Gasteiger partial charge in [-0.25, -0.2) is 4.79 Å². The van der Waals surface area contributed by atoms with Gasteiger partial charge in [-0.3, -0.25) is 4.98 Å². The molecule has 0 aliphatic heterocycles. The first-order valence-corrected chi connectivity index (χ1v) is 5.80. The smallest absolute Gasteiger partial charge is 0.337 e. The number of fused-ring (bicyclic) bond motifs is 1. The lowest BCUT2D eigenvalue weighted by atomic mass is 10.2. The number of carboxylic acids is 1. The maximum Gasteiger partial charge on any atom is 0.337 e. The number of hydrogen-bond donors (Lipinski definition) is 1. The van der Waals surface area contributed by atoms with Crippen LogP contribution in [-0.4, -0.2) is 26.3 Å². The van der Waals surface area contributed by atoms with Crippen molar-refractivity contribution in [3.8, 4) is 11.5 Å². The highest BCUT2D eigenvalue weighted by Crippen LogP contribution is 2.27. The maximum atomic E-state index is 10.9. The van der Waals surface area contributed by atoms with E-state index in [-0.39, 0.29) is 5.56 Å². The summed E-state index contributed by atoms with van der Waals surface area (Å²) in [5, 5.41) is 17.6. The van der Waals surface area contributed by atoms with E-state index in [4.69, 9.17) is 9.84 Å². The van der Waals surface area contributed by atoms with Crippen LogP contribution in [0.2, 0.25) is 0 Å². The summed E-state index contributed by atoms with van der Waals surface area (Å²) in [6, 6.07) is 8.80. The summed E-state index contributed by atoms with van der Waals surface area (Å²) in [6.07, 6.45) is 4.19. The van der Waals surface area contributed by atoms with Crippen molar-refractivity contribution in [1.29, 1.82) is 0 Å². The molecule has 98 valence electrons. The summed E-state index contributed by atoms with van der Waals surface area (Å²) < 4.78 is 5.65. The van der Waals surface area contributed by atoms with Gasteiger partial charge in [0.15, 0.2) is 5.75 Å². The van der Waals surface area contributed by atoms with Gasteiger partial charge in [-0.1, -0.05) is 12.1 Å². The minimum absolute atomic E-state index is 0.0637. The van der Waals surface area contributed by atoms with Gasteiger partial charge in [-0.2, -0.15) is 10.2 Å². The predicted octanol–water partition coefficient (Wildman–Crippen LogP) is 2.52. The van der Waals surface area contributed by atoms with Crippen molar-refractivity contribution < 1.29 is 14.6 Å². The van der Waals surface area contributed by atoms with Gasteiger partial charge >= 0.3 is 5.97 Å². The van der Waals surface area contributed by atoms with Gasteiger partial charge in [0, 0.05) is 11.6 Å². The molecular weight excluding hydrogens is 258 g/mol. The van der Waals surface area contributed by atoms with Crippen LogP contribution in [0.15, 0.2) is 48.9 Å². The summed E-state index contributed by atoms with van der Waals surface area (Å²) in [7, 11) is 0. The number of hydrogen-bond acceptors (Lipinski definition) is 5. The highest BCUT2D eigenvalue weighted by molar-refractivity contribution is 5.88. The topological polar surface area (TPSA) is 85.2 Å². The molecule has 0 atom stereocenters.